The Hall–Kier alpha value is -8.53. The second-order valence-electron chi connectivity index (χ2n) is 16.4. The first-order chi connectivity index (χ1) is 32.2. The number of nitrogens with one attached hydrogen (secondary N) is 1. The van der Waals surface area contributed by atoms with Crippen LogP contribution in [0.15, 0.2) is 266 Å². The van der Waals surface area contributed by atoms with Crippen LogP contribution >= 0.6 is 0 Å². The molecule has 0 bridgehead atoms. The van der Waals surface area contributed by atoms with Crippen LogP contribution in [0.1, 0.15) is 22.7 Å². The number of amidine groups is 1. The molecule has 1 N–H and O–H groups in total. The summed E-state index contributed by atoms with van der Waals surface area (Å²) in [6, 6.07) is 90.9. The van der Waals surface area contributed by atoms with Gasteiger partial charge in [0.05, 0.1) is 17.4 Å². The summed E-state index contributed by atoms with van der Waals surface area (Å²) in [4.78, 5) is 7.63. The van der Waals surface area contributed by atoms with Gasteiger partial charge < -0.3 is 10.2 Å². The number of nitrogens with zero attached hydrogens (tertiary/aromatic N) is 2. The van der Waals surface area contributed by atoms with Gasteiger partial charge in [-0.05, 0) is 97.4 Å². The molecule has 10 aromatic rings. The van der Waals surface area contributed by atoms with Crippen LogP contribution in [0.4, 0.5) is 17.1 Å². The van der Waals surface area contributed by atoms with Crippen molar-refractivity contribution in [2.45, 2.75) is 6.04 Å². The number of aliphatic imine (C=N–C) groups is 1. The highest BCUT2D eigenvalue weighted by Crippen LogP contribution is 2.40. The lowest BCUT2D eigenvalue weighted by atomic mass is 9.96. The average Bonchev–Trinajstić information content (AvgIpc) is 3.40. The van der Waals surface area contributed by atoms with Gasteiger partial charge in [0.2, 0.25) is 0 Å². The normalized spacial score (nSPS) is 13.4. The fourth-order valence-corrected chi connectivity index (χ4v) is 8.89. The summed E-state index contributed by atoms with van der Waals surface area (Å²) in [5.41, 5.74) is 17.0. The van der Waals surface area contributed by atoms with Gasteiger partial charge in [0.25, 0.3) is 0 Å². The van der Waals surface area contributed by atoms with Crippen molar-refractivity contribution >= 4 is 39.4 Å². The maximum absolute atomic E-state index is 5.26. The summed E-state index contributed by atoms with van der Waals surface area (Å²) < 4.78 is 0. The topological polar surface area (TPSA) is 27.6 Å². The standard InChI is InChI=1S/C62H45N3/c1-4-13-44(14-5-1)47-23-29-53(30-24-47)59-43-60(54-31-25-48(26-32-54)45-15-6-2-7-16-45)64-62(63-59)55-33-27-49(28-34-55)51-37-41-57(42-38-51)65(61-22-12-20-52-19-10-11-21-58(52)61)56-39-35-50(36-40-56)46-17-8-3-9-18-46/h1-43,59H,(H,63,64). The van der Waals surface area contributed by atoms with Crippen molar-refractivity contribution < 1.29 is 0 Å². The van der Waals surface area contributed by atoms with Crippen molar-refractivity contribution in [3.63, 3.8) is 0 Å². The van der Waals surface area contributed by atoms with E-state index in [1.165, 1.54) is 49.7 Å². The summed E-state index contributed by atoms with van der Waals surface area (Å²) >= 11 is 0. The lowest BCUT2D eigenvalue weighted by Crippen LogP contribution is -2.31. The number of anilines is 3. The average molecular weight is 832 g/mol. The summed E-state index contributed by atoms with van der Waals surface area (Å²) in [7, 11) is 0. The lowest BCUT2D eigenvalue weighted by Gasteiger charge is -2.27. The SMILES string of the molecule is C1=C(c2ccc(-c3ccccc3)cc2)N=C(c2ccc(-c3ccc(N(c4ccc(-c5ccccc5)cc4)c4cccc5ccccc45)cc3)cc2)NC1c1ccc(-c2ccccc2)cc1. The van der Waals surface area contributed by atoms with Crippen molar-refractivity contribution in [2.75, 3.05) is 4.90 Å². The Morgan fingerprint density at radius 2 is 0.708 bits per heavy atom. The third-order valence-electron chi connectivity index (χ3n) is 12.4. The maximum atomic E-state index is 5.26. The highest BCUT2D eigenvalue weighted by molar-refractivity contribution is 6.04. The van der Waals surface area contributed by atoms with E-state index in [1.54, 1.807) is 0 Å². The molecule has 1 atom stereocenters. The van der Waals surface area contributed by atoms with Crippen LogP contribution in [-0.4, -0.2) is 5.84 Å². The van der Waals surface area contributed by atoms with Crippen LogP contribution in [0.3, 0.4) is 0 Å². The molecule has 0 radical (unpaired) electrons. The van der Waals surface area contributed by atoms with Crippen molar-refractivity contribution in [1.82, 2.24) is 5.32 Å². The van der Waals surface area contributed by atoms with Crippen molar-refractivity contribution in [3.8, 4) is 44.5 Å². The molecule has 0 spiro atoms. The quantitative estimate of drug-likeness (QED) is 0.149. The van der Waals surface area contributed by atoms with E-state index in [1.807, 2.05) is 0 Å². The molecule has 0 aromatic heterocycles. The second-order valence-corrected chi connectivity index (χ2v) is 16.4. The Bertz CT molecular complexity index is 3260. The first-order valence-electron chi connectivity index (χ1n) is 22.2. The van der Waals surface area contributed by atoms with Gasteiger partial charge in [-0.25, -0.2) is 4.99 Å². The van der Waals surface area contributed by atoms with Gasteiger partial charge in [0.15, 0.2) is 0 Å². The van der Waals surface area contributed by atoms with Crippen LogP contribution in [0, 0.1) is 0 Å². The zero-order chi connectivity index (χ0) is 43.4. The van der Waals surface area contributed by atoms with E-state index >= 15 is 0 Å². The number of rotatable bonds is 10. The van der Waals surface area contributed by atoms with E-state index in [0.717, 1.165) is 50.8 Å². The van der Waals surface area contributed by atoms with Crippen LogP contribution in [0.5, 0.6) is 0 Å². The molecular formula is C62H45N3. The Labute approximate surface area is 381 Å². The second kappa shape index (κ2) is 17.7. The maximum Gasteiger partial charge on any atom is 0.134 e. The predicted molar refractivity (Wildman–Crippen MR) is 274 cm³/mol. The van der Waals surface area contributed by atoms with Crippen LogP contribution in [-0.2, 0) is 0 Å². The third kappa shape index (κ3) is 8.27. The summed E-state index contributed by atoms with van der Waals surface area (Å²) in [5.74, 6) is 0.845. The molecule has 0 saturated carbocycles. The molecule has 308 valence electrons. The van der Waals surface area contributed by atoms with Crippen molar-refractivity contribution in [3.05, 3.63) is 278 Å². The van der Waals surface area contributed by atoms with E-state index in [2.05, 4.69) is 271 Å². The van der Waals surface area contributed by atoms with E-state index in [4.69, 9.17) is 4.99 Å². The molecule has 1 unspecified atom stereocenters. The van der Waals surface area contributed by atoms with Gasteiger partial charge in [0, 0.05) is 22.3 Å². The molecule has 1 aliphatic rings. The monoisotopic (exact) mass is 831 g/mol. The Morgan fingerprint density at radius 1 is 0.323 bits per heavy atom. The Morgan fingerprint density at radius 3 is 1.22 bits per heavy atom. The molecule has 65 heavy (non-hydrogen) atoms. The molecule has 0 aliphatic carbocycles. The molecule has 10 aromatic carbocycles. The largest absolute Gasteiger partial charge is 0.359 e. The van der Waals surface area contributed by atoms with Crippen molar-refractivity contribution in [2.24, 2.45) is 4.99 Å². The summed E-state index contributed by atoms with van der Waals surface area (Å²) in [6.07, 6.45) is 2.24. The fourth-order valence-electron chi connectivity index (χ4n) is 8.89. The smallest absolute Gasteiger partial charge is 0.134 e. The number of benzene rings is 10. The minimum absolute atomic E-state index is 0.0671. The van der Waals surface area contributed by atoms with Crippen LogP contribution in [0.2, 0.25) is 0 Å². The Balaban J connectivity index is 0.897. The van der Waals surface area contributed by atoms with Gasteiger partial charge in [-0.1, -0.05) is 224 Å². The molecule has 3 nitrogen and oxygen atoms in total. The van der Waals surface area contributed by atoms with Gasteiger partial charge in [-0.15, -0.1) is 0 Å². The predicted octanol–water partition coefficient (Wildman–Crippen LogP) is 16.1. The number of hydrogen-bond acceptors (Lipinski definition) is 3. The molecule has 0 fully saturated rings. The molecule has 11 rings (SSSR count). The summed E-state index contributed by atoms with van der Waals surface area (Å²) in [5, 5.41) is 6.20. The number of hydrogen-bond donors (Lipinski definition) is 1. The zero-order valence-electron chi connectivity index (χ0n) is 35.8. The van der Waals surface area contributed by atoms with Gasteiger partial charge >= 0.3 is 0 Å². The summed E-state index contributed by atoms with van der Waals surface area (Å²) in [6.45, 7) is 0. The molecule has 3 heteroatoms. The molecule has 1 aliphatic heterocycles. The Kier molecular flexibility index (Phi) is 10.7. The van der Waals surface area contributed by atoms with E-state index in [-0.39, 0.29) is 6.04 Å². The van der Waals surface area contributed by atoms with Crippen LogP contribution in [0.25, 0.3) is 61.0 Å². The van der Waals surface area contributed by atoms with Gasteiger partial charge in [-0.3, -0.25) is 0 Å². The fraction of sp³-hybridized carbons (Fsp3) is 0.0161. The van der Waals surface area contributed by atoms with Crippen molar-refractivity contribution in [1.29, 1.82) is 0 Å². The third-order valence-corrected chi connectivity index (χ3v) is 12.4. The molecular weight excluding hydrogens is 787 g/mol. The van der Waals surface area contributed by atoms with Gasteiger partial charge in [0.1, 0.15) is 5.84 Å². The highest BCUT2D eigenvalue weighted by Gasteiger charge is 2.21. The van der Waals surface area contributed by atoms with E-state index < -0.39 is 0 Å². The molecule has 1 heterocycles. The highest BCUT2D eigenvalue weighted by atomic mass is 15.1. The minimum Gasteiger partial charge on any atom is -0.359 e. The van der Waals surface area contributed by atoms with Crippen LogP contribution < -0.4 is 10.2 Å². The van der Waals surface area contributed by atoms with E-state index in [9.17, 15) is 0 Å². The minimum atomic E-state index is -0.0671. The number of fused-ring (bicyclic) bond motifs is 1. The molecule has 0 amide bonds. The first-order valence-corrected chi connectivity index (χ1v) is 22.2. The van der Waals surface area contributed by atoms with E-state index in [0.29, 0.717) is 0 Å². The lowest BCUT2D eigenvalue weighted by molar-refractivity contribution is 0.781. The van der Waals surface area contributed by atoms with Gasteiger partial charge in [-0.2, -0.15) is 0 Å². The molecule has 0 saturated heterocycles. The first kappa shape index (κ1) is 39.3. The zero-order valence-corrected chi connectivity index (χ0v) is 35.8.